The van der Waals surface area contributed by atoms with Crippen molar-refractivity contribution in [3.8, 4) is 5.75 Å². The van der Waals surface area contributed by atoms with Crippen LogP contribution in [0.3, 0.4) is 0 Å². The smallest absolute Gasteiger partial charge is 0.211 e. The van der Waals surface area contributed by atoms with E-state index in [1.54, 1.807) is 25.1 Å². The molecule has 0 unspecified atom stereocenters. The van der Waals surface area contributed by atoms with Gasteiger partial charge in [-0.25, -0.2) is 13.1 Å². The standard InChI is InChI=1S/C11H17NO3S/c1-2-16(14,15)12-8-4-6-10-5-3-7-11(13)9-10/h3,5,7,9,12-13H,2,4,6,8H2,1H3. The summed E-state index contributed by atoms with van der Waals surface area (Å²) in [7, 11) is -3.08. The van der Waals surface area contributed by atoms with Gasteiger partial charge in [0.2, 0.25) is 10.0 Å². The molecule has 0 atom stereocenters. The van der Waals surface area contributed by atoms with E-state index in [1.165, 1.54) is 0 Å². The summed E-state index contributed by atoms with van der Waals surface area (Å²) >= 11 is 0. The Balaban J connectivity index is 2.32. The van der Waals surface area contributed by atoms with E-state index in [1.807, 2.05) is 6.07 Å². The lowest BCUT2D eigenvalue weighted by Gasteiger charge is -2.04. The predicted octanol–water partition coefficient (Wildman–Crippen LogP) is 1.26. The number of hydrogen-bond donors (Lipinski definition) is 2. The van der Waals surface area contributed by atoms with E-state index in [9.17, 15) is 13.5 Å². The molecule has 0 radical (unpaired) electrons. The van der Waals surface area contributed by atoms with Crippen LogP contribution in [0.5, 0.6) is 5.75 Å². The van der Waals surface area contributed by atoms with Gasteiger partial charge >= 0.3 is 0 Å². The zero-order valence-electron chi connectivity index (χ0n) is 9.31. The molecule has 0 aliphatic carbocycles. The summed E-state index contributed by atoms with van der Waals surface area (Å²) in [5.74, 6) is 0.353. The first-order valence-corrected chi connectivity index (χ1v) is 6.94. The molecule has 0 aliphatic rings. The van der Waals surface area contributed by atoms with Crippen LogP contribution < -0.4 is 4.72 Å². The van der Waals surface area contributed by atoms with Gasteiger partial charge in [-0.2, -0.15) is 0 Å². The van der Waals surface area contributed by atoms with Crippen molar-refractivity contribution in [1.82, 2.24) is 4.72 Å². The van der Waals surface area contributed by atoms with E-state index in [-0.39, 0.29) is 11.5 Å². The van der Waals surface area contributed by atoms with Gasteiger partial charge in [0.15, 0.2) is 0 Å². The highest BCUT2D eigenvalue weighted by atomic mass is 32.2. The van der Waals surface area contributed by atoms with Crippen LogP contribution in [-0.2, 0) is 16.4 Å². The van der Waals surface area contributed by atoms with E-state index < -0.39 is 10.0 Å². The Hall–Kier alpha value is -1.07. The molecule has 1 aromatic rings. The lowest BCUT2D eigenvalue weighted by Crippen LogP contribution is -2.26. The van der Waals surface area contributed by atoms with Crippen molar-refractivity contribution in [2.45, 2.75) is 19.8 Å². The van der Waals surface area contributed by atoms with Crippen LogP contribution in [0.1, 0.15) is 18.9 Å². The van der Waals surface area contributed by atoms with Crippen molar-refractivity contribution >= 4 is 10.0 Å². The number of phenols is 1. The molecule has 1 rings (SSSR count). The van der Waals surface area contributed by atoms with E-state index in [2.05, 4.69) is 4.72 Å². The average molecular weight is 243 g/mol. The fraction of sp³-hybridized carbons (Fsp3) is 0.455. The number of benzene rings is 1. The highest BCUT2D eigenvalue weighted by Crippen LogP contribution is 2.12. The summed E-state index contributed by atoms with van der Waals surface area (Å²) in [5.41, 5.74) is 1.01. The van der Waals surface area contributed by atoms with Crippen molar-refractivity contribution in [2.24, 2.45) is 0 Å². The second-order valence-corrected chi connectivity index (χ2v) is 5.67. The molecule has 0 amide bonds. The highest BCUT2D eigenvalue weighted by Gasteiger charge is 2.04. The second-order valence-electron chi connectivity index (χ2n) is 3.57. The van der Waals surface area contributed by atoms with E-state index >= 15 is 0 Å². The Labute approximate surface area is 96.4 Å². The molecular formula is C11H17NO3S. The first kappa shape index (κ1) is 13.0. The van der Waals surface area contributed by atoms with Crippen molar-refractivity contribution in [3.05, 3.63) is 29.8 Å². The van der Waals surface area contributed by atoms with Gasteiger partial charge in [0, 0.05) is 6.54 Å². The maximum absolute atomic E-state index is 11.1. The quantitative estimate of drug-likeness (QED) is 0.739. The van der Waals surface area contributed by atoms with Gasteiger partial charge in [0.05, 0.1) is 5.75 Å². The number of sulfonamides is 1. The first-order valence-electron chi connectivity index (χ1n) is 5.29. The summed E-state index contributed by atoms with van der Waals surface area (Å²) in [4.78, 5) is 0. The van der Waals surface area contributed by atoms with Crippen molar-refractivity contribution in [2.75, 3.05) is 12.3 Å². The fourth-order valence-electron chi connectivity index (χ4n) is 1.33. The zero-order valence-corrected chi connectivity index (χ0v) is 10.1. The van der Waals surface area contributed by atoms with E-state index in [0.717, 1.165) is 18.4 Å². The minimum absolute atomic E-state index is 0.110. The number of nitrogens with one attached hydrogen (secondary N) is 1. The molecule has 16 heavy (non-hydrogen) atoms. The van der Waals surface area contributed by atoms with Gasteiger partial charge in [0.1, 0.15) is 5.75 Å². The van der Waals surface area contributed by atoms with Gasteiger partial charge in [0.25, 0.3) is 0 Å². The van der Waals surface area contributed by atoms with Crippen LogP contribution >= 0.6 is 0 Å². The third-order valence-electron chi connectivity index (χ3n) is 2.25. The predicted molar refractivity (Wildman–Crippen MR) is 63.9 cm³/mol. The maximum Gasteiger partial charge on any atom is 0.211 e. The summed E-state index contributed by atoms with van der Waals surface area (Å²) in [5, 5.41) is 9.23. The SMILES string of the molecule is CCS(=O)(=O)NCCCc1cccc(O)c1. The molecule has 2 N–H and O–H groups in total. The van der Waals surface area contributed by atoms with E-state index in [4.69, 9.17) is 0 Å². The molecule has 1 aromatic carbocycles. The minimum Gasteiger partial charge on any atom is -0.508 e. The number of aryl methyl sites for hydroxylation is 1. The molecule has 5 heteroatoms. The van der Waals surface area contributed by atoms with Crippen molar-refractivity contribution in [1.29, 1.82) is 0 Å². The Morgan fingerprint density at radius 2 is 2.12 bits per heavy atom. The van der Waals surface area contributed by atoms with E-state index in [0.29, 0.717) is 6.54 Å². The Morgan fingerprint density at radius 1 is 1.38 bits per heavy atom. The fourth-order valence-corrected chi connectivity index (χ4v) is 1.99. The third-order valence-corrected chi connectivity index (χ3v) is 3.66. The third kappa shape index (κ3) is 4.63. The van der Waals surface area contributed by atoms with Crippen LogP contribution in [0.15, 0.2) is 24.3 Å². The molecule has 0 aliphatic heterocycles. The second kappa shape index (κ2) is 5.86. The van der Waals surface area contributed by atoms with Crippen LogP contribution in [-0.4, -0.2) is 25.8 Å². The Morgan fingerprint density at radius 3 is 2.75 bits per heavy atom. The molecule has 0 saturated carbocycles. The van der Waals surface area contributed by atoms with Crippen LogP contribution in [0.4, 0.5) is 0 Å². The van der Waals surface area contributed by atoms with Crippen LogP contribution in [0, 0.1) is 0 Å². The normalized spacial score (nSPS) is 11.6. The maximum atomic E-state index is 11.1. The Kier molecular flexibility index (Phi) is 4.76. The highest BCUT2D eigenvalue weighted by molar-refractivity contribution is 7.89. The van der Waals surface area contributed by atoms with Gasteiger partial charge in [-0.15, -0.1) is 0 Å². The number of phenolic OH excluding ortho intramolecular Hbond substituents is 1. The molecule has 90 valence electrons. The number of rotatable bonds is 6. The zero-order chi connectivity index (χ0) is 12.0. The molecule has 0 spiro atoms. The molecule has 0 saturated heterocycles. The topological polar surface area (TPSA) is 66.4 Å². The molecular weight excluding hydrogens is 226 g/mol. The van der Waals surface area contributed by atoms with Crippen molar-refractivity contribution < 1.29 is 13.5 Å². The Bertz CT molecular complexity index is 429. The first-order chi connectivity index (χ1) is 7.53. The minimum atomic E-state index is -3.08. The van der Waals surface area contributed by atoms with Gasteiger partial charge < -0.3 is 5.11 Å². The van der Waals surface area contributed by atoms with Gasteiger partial charge in [-0.1, -0.05) is 12.1 Å². The molecule has 0 aromatic heterocycles. The summed E-state index contributed by atoms with van der Waals surface area (Å²) in [6, 6.07) is 6.99. The van der Waals surface area contributed by atoms with Crippen LogP contribution in [0.25, 0.3) is 0 Å². The molecule has 0 heterocycles. The monoisotopic (exact) mass is 243 g/mol. The number of aromatic hydroxyl groups is 1. The lowest BCUT2D eigenvalue weighted by molar-refractivity contribution is 0.474. The summed E-state index contributed by atoms with van der Waals surface area (Å²) in [6.45, 7) is 2.05. The summed E-state index contributed by atoms with van der Waals surface area (Å²) < 4.78 is 24.7. The lowest BCUT2D eigenvalue weighted by atomic mass is 10.1. The molecule has 4 nitrogen and oxygen atoms in total. The summed E-state index contributed by atoms with van der Waals surface area (Å²) in [6.07, 6.45) is 1.48. The molecule has 0 bridgehead atoms. The van der Waals surface area contributed by atoms with Gasteiger partial charge in [-0.3, -0.25) is 0 Å². The number of hydrogen-bond acceptors (Lipinski definition) is 3. The largest absolute Gasteiger partial charge is 0.508 e. The molecule has 0 fully saturated rings. The van der Waals surface area contributed by atoms with Gasteiger partial charge in [-0.05, 0) is 37.5 Å². The van der Waals surface area contributed by atoms with Crippen LogP contribution in [0.2, 0.25) is 0 Å². The average Bonchev–Trinajstić information content (AvgIpc) is 2.25. The van der Waals surface area contributed by atoms with Crippen molar-refractivity contribution in [3.63, 3.8) is 0 Å².